The van der Waals surface area contributed by atoms with Gasteiger partial charge in [-0.25, -0.2) is 0 Å². The monoisotopic (exact) mass is 399 g/mol. The van der Waals surface area contributed by atoms with E-state index in [9.17, 15) is 9.59 Å². The van der Waals surface area contributed by atoms with Crippen LogP contribution in [0.4, 0.5) is 0 Å². The highest BCUT2D eigenvalue weighted by atomic mass is 16.5. The minimum atomic E-state index is 0.0878. The number of fused-ring (bicyclic) bond motifs is 1. The normalized spacial score (nSPS) is 27.3. The summed E-state index contributed by atoms with van der Waals surface area (Å²) in [5.41, 5.74) is 2.46. The Morgan fingerprint density at radius 2 is 1.86 bits per heavy atom. The van der Waals surface area contributed by atoms with E-state index in [4.69, 9.17) is 4.74 Å². The first-order valence-electron chi connectivity index (χ1n) is 10.9. The Bertz CT molecular complexity index is 747. The first kappa shape index (κ1) is 20.4. The third-order valence-corrected chi connectivity index (χ3v) is 6.90. The second kappa shape index (κ2) is 8.84. The summed E-state index contributed by atoms with van der Waals surface area (Å²) in [6.45, 7) is 10.6. The van der Waals surface area contributed by atoms with Crippen molar-refractivity contribution in [2.75, 3.05) is 52.5 Å². The smallest absolute Gasteiger partial charge is 0.222 e. The van der Waals surface area contributed by atoms with Crippen molar-refractivity contribution in [2.24, 2.45) is 11.8 Å². The quantitative estimate of drug-likeness (QED) is 0.761. The van der Waals surface area contributed by atoms with Crippen LogP contribution in [0, 0.1) is 18.8 Å². The zero-order valence-electron chi connectivity index (χ0n) is 17.7. The van der Waals surface area contributed by atoms with Gasteiger partial charge in [0.25, 0.3) is 0 Å². The van der Waals surface area contributed by atoms with Gasteiger partial charge >= 0.3 is 0 Å². The number of rotatable bonds is 5. The van der Waals surface area contributed by atoms with Crippen molar-refractivity contribution in [3.8, 4) is 0 Å². The molecule has 3 fully saturated rings. The molecule has 6 nitrogen and oxygen atoms in total. The lowest BCUT2D eigenvalue weighted by molar-refractivity contribution is -0.132. The van der Waals surface area contributed by atoms with Crippen molar-refractivity contribution in [3.05, 3.63) is 35.4 Å². The molecule has 0 bridgehead atoms. The van der Waals surface area contributed by atoms with Crippen molar-refractivity contribution in [2.45, 2.75) is 32.7 Å². The van der Waals surface area contributed by atoms with E-state index in [-0.39, 0.29) is 17.9 Å². The molecule has 1 aromatic rings. The predicted molar refractivity (Wildman–Crippen MR) is 111 cm³/mol. The summed E-state index contributed by atoms with van der Waals surface area (Å²) in [6.07, 6.45) is 1.52. The summed E-state index contributed by atoms with van der Waals surface area (Å²) in [7, 11) is 0. The standard InChI is InChI=1S/C23H33N3O3/c1-17-6-3-4-7-20(17)23-21-16-25(14-19(21)15-26(23)18(2)27)22(28)8-5-9-24-10-12-29-13-11-24/h3-4,6-7,19,21,23H,5,8-16H2,1-2H3/t19-,21-,23-/m1/s1. The highest BCUT2D eigenvalue weighted by Gasteiger charge is 2.49. The maximum absolute atomic E-state index is 12.8. The number of amides is 2. The summed E-state index contributed by atoms with van der Waals surface area (Å²) in [4.78, 5) is 31.6. The van der Waals surface area contributed by atoms with E-state index in [0.29, 0.717) is 18.3 Å². The molecule has 3 aliphatic rings. The molecule has 0 aromatic heterocycles. The SMILES string of the molecule is CC(=O)N1C[C@H]2CN(C(=O)CCCN3CCOCC3)C[C@H]2[C@H]1c1ccccc1C. The molecule has 0 spiro atoms. The van der Waals surface area contributed by atoms with E-state index in [1.165, 1.54) is 11.1 Å². The Kier molecular flexibility index (Phi) is 6.20. The Morgan fingerprint density at radius 1 is 1.10 bits per heavy atom. The third-order valence-electron chi connectivity index (χ3n) is 6.90. The molecule has 3 atom stereocenters. The van der Waals surface area contributed by atoms with Crippen molar-refractivity contribution in [1.29, 1.82) is 0 Å². The lowest BCUT2D eigenvalue weighted by Gasteiger charge is -2.30. The fourth-order valence-electron chi connectivity index (χ4n) is 5.33. The van der Waals surface area contributed by atoms with Crippen molar-refractivity contribution in [1.82, 2.24) is 14.7 Å². The molecule has 0 unspecified atom stereocenters. The van der Waals surface area contributed by atoms with Gasteiger partial charge in [0, 0.05) is 57.9 Å². The fourth-order valence-corrected chi connectivity index (χ4v) is 5.33. The Morgan fingerprint density at radius 3 is 2.59 bits per heavy atom. The second-order valence-electron chi connectivity index (χ2n) is 8.75. The number of likely N-dealkylation sites (tertiary alicyclic amines) is 2. The van der Waals surface area contributed by atoms with Crippen LogP contribution in [-0.2, 0) is 14.3 Å². The van der Waals surface area contributed by atoms with Crippen LogP contribution in [0.5, 0.6) is 0 Å². The number of ether oxygens (including phenoxy) is 1. The van der Waals surface area contributed by atoms with Crippen LogP contribution in [0.1, 0.15) is 36.9 Å². The molecular formula is C23H33N3O3. The van der Waals surface area contributed by atoms with Crippen molar-refractivity contribution in [3.63, 3.8) is 0 Å². The number of aryl methyl sites for hydroxylation is 1. The van der Waals surface area contributed by atoms with Crippen LogP contribution >= 0.6 is 0 Å². The van der Waals surface area contributed by atoms with Crippen molar-refractivity contribution < 1.29 is 14.3 Å². The minimum Gasteiger partial charge on any atom is -0.379 e. The average molecular weight is 400 g/mol. The van der Waals surface area contributed by atoms with Gasteiger partial charge in [0.2, 0.25) is 11.8 Å². The van der Waals surface area contributed by atoms with Gasteiger partial charge < -0.3 is 14.5 Å². The summed E-state index contributed by atoms with van der Waals surface area (Å²) < 4.78 is 5.39. The van der Waals surface area contributed by atoms with Crippen LogP contribution in [-0.4, -0.2) is 79.0 Å². The van der Waals surface area contributed by atoms with E-state index in [0.717, 1.165) is 58.9 Å². The van der Waals surface area contributed by atoms with Gasteiger partial charge in [0.05, 0.1) is 19.3 Å². The number of benzene rings is 1. The fraction of sp³-hybridized carbons (Fsp3) is 0.652. The molecular weight excluding hydrogens is 366 g/mol. The molecule has 29 heavy (non-hydrogen) atoms. The summed E-state index contributed by atoms with van der Waals surface area (Å²) in [6, 6.07) is 8.44. The zero-order valence-corrected chi connectivity index (χ0v) is 17.7. The van der Waals surface area contributed by atoms with Gasteiger partial charge in [-0.1, -0.05) is 24.3 Å². The third kappa shape index (κ3) is 4.33. The van der Waals surface area contributed by atoms with Gasteiger partial charge in [-0.15, -0.1) is 0 Å². The Hall–Kier alpha value is -1.92. The molecule has 0 N–H and O–H groups in total. The van der Waals surface area contributed by atoms with Gasteiger partial charge in [-0.2, -0.15) is 0 Å². The molecule has 158 valence electrons. The van der Waals surface area contributed by atoms with Gasteiger partial charge in [-0.05, 0) is 31.0 Å². The van der Waals surface area contributed by atoms with Crippen molar-refractivity contribution >= 4 is 11.8 Å². The number of hydrogen-bond acceptors (Lipinski definition) is 4. The average Bonchev–Trinajstić information content (AvgIpc) is 3.27. The molecule has 4 rings (SSSR count). The van der Waals surface area contributed by atoms with Crippen LogP contribution < -0.4 is 0 Å². The van der Waals surface area contributed by atoms with Crippen LogP contribution in [0.3, 0.4) is 0 Å². The summed E-state index contributed by atoms with van der Waals surface area (Å²) in [5.74, 6) is 1.12. The number of hydrogen-bond donors (Lipinski definition) is 0. The van der Waals surface area contributed by atoms with Gasteiger partial charge in [-0.3, -0.25) is 14.5 Å². The maximum Gasteiger partial charge on any atom is 0.222 e. The van der Waals surface area contributed by atoms with Gasteiger partial charge in [0.15, 0.2) is 0 Å². The van der Waals surface area contributed by atoms with E-state index >= 15 is 0 Å². The zero-order chi connectivity index (χ0) is 20.4. The van der Waals surface area contributed by atoms with E-state index in [1.807, 2.05) is 11.0 Å². The minimum absolute atomic E-state index is 0.0878. The molecule has 3 saturated heterocycles. The van der Waals surface area contributed by atoms with Crippen LogP contribution in [0.25, 0.3) is 0 Å². The van der Waals surface area contributed by atoms with E-state index in [1.54, 1.807) is 6.92 Å². The number of nitrogens with zero attached hydrogens (tertiary/aromatic N) is 3. The Balaban J connectivity index is 1.38. The predicted octanol–water partition coefficient (Wildman–Crippen LogP) is 2.09. The largest absolute Gasteiger partial charge is 0.379 e. The van der Waals surface area contributed by atoms with Gasteiger partial charge in [0.1, 0.15) is 0 Å². The number of carbonyl (C=O) groups excluding carboxylic acids is 2. The molecule has 3 aliphatic heterocycles. The molecule has 3 heterocycles. The lowest BCUT2D eigenvalue weighted by Crippen LogP contribution is -2.38. The topological polar surface area (TPSA) is 53.1 Å². The van der Waals surface area contributed by atoms with Crippen LogP contribution in [0.15, 0.2) is 24.3 Å². The first-order valence-corrected chi connectivity index (χ1v) is 10.9. The van der Waals surface area contributed by atoms with Crippen LogP contribution in [0.2, 0.25) is 0 Å². The van der Waals surface area contributed by atoms with E-state index in [2.05, 4.69) is 34.9 Å². The molecule has 0 aliphatic carbocycles. The molecule has 0 saturated carbocycles. The second-order valence-corrected chi connectivity index (χ2v) is 8.75. The lowest BCUT2D eigenvalue weighted by atomic mass is 9.87. The molecule has 0 radical (unpaired) electrons. The number of morpholine rings is 1. The first-order chi connectivity index (χ1) is 14.0. The number of carbonyl (C=O) groups is 2. The van der Waals surface area contributed by atoms with E-state index < -0.39 is 0 Å². The molecule has 1 aromatic carbocycles. The maximum atomic E-state index is 12.8. The summed E-state index contributed by atoms with van der Waals surface area (Å²) in [5, 5.41) is 0. The summed E-state index contributed by atoms with van der Waals surface area (Å²) >= 11 is 0. The highest BCUT2D eigenvalue weighted by Crippen LogP contribution is 2.45. The highest BCUT2D eigenvalue weighted by molar-refractivity contribution is 5.77. The Labute approximate surface area is 173 Å². The molecule has 6 heteroatoms. The molecule has 2 amide bonds.